The van der Waals surface area contributed by atoms with Gasteiger partial charge < -0.3 is 4.90 Å². The number of nitrogens with zero attached hydrogens (tertiary/aromatic N) is 1. The highest BCUT2D eigenvalue weighted by molar-refractivity contribution is 14.1. The maximum Gasteiger partial charge on any atom is 0.416 e. The first-order valence-electron chi connectivity index (χ1n) is 6.91. The molecule has 0 bridgehead atoms. The van der Waals surface area contributed by atoms with E-state index in [4.69, 9.17) is 0 Å². The van der Waals surface area contributed by atoms with Crippen molar-refractivity contribution in [1.82, 2.24) is 0 Å². The van der Waals surface area contributed by atoms with Crippen LogP contribution in [0.3, 0.4) is 0 Å². The number of rotatable bonds is 1. The van der Waals surface area contributed by atoms with Crippen molar-refractivity contribution in [2.45, 2.75) is 11.1 Å². The maximum atomic E-state index is 12.9. The number of hydrogen-bond acceptors (Lipinski definition) is 2. The summed E-state index contributed by atoms with van der Waals surface area (Å²) in [4.78, 5) is 15.5. The van der Waals surface area contributed by atoms with Crippen molar-refractivity contribution in [2.24, 2.45) is 0 Å². The van der Waals surface area contributed by atoms with Crippen LogP contribution in [-0.4, -0.2) is 13.0 Å². The van der Waals surface area contributed by atoms with Crippen molar-refractivity contribution in [1.29, 1.82) is 0 Å². The van der Waals surface area contributed by atoms with E-state index in [-0.39, 0.29) is 5.91 Å². The Bertz CT molecular complexity index is 848. The van der Waals surface area contributed by atoms with Crippen LogP contribution in [0.4, 0.5) is 18.9 Å². The molecule has 2 aromatic carbocycles. The van der Waals surface area contributed by atoms with E-state index in [2.05, 4.69) is 0 Å². The number of amides is 1. The predicted molar refractivity (Wildman–Crippen MR) is 98.1 cm³/mol. The van der Waals surface area contributed by atoms with Crippen LogP contribution in [0.5, 0.6) is 0 Å². The Labute approximate surface area is 154 Å². The zero-order valence-electron chi connectivity index (χ0n) is 12.4. The van der Waals surface area contributed by atoms with Crippen LogP contribution in [-0.2, 0) is 11.0 Å². The molecule has 1 aliphatic rings. The topological polar surface area (TPSA) is 20.3 Å². The van der Waals surface area contributed by atoms with Crippen molar-refractivity contribution in [3.63, 3.8) is 0 Å². The molecule has 0 fully saturated rings. The molecule has 0 aliphatic carbocycles. The summed E-state index contributed by atoms with van der Waals surface area (Å²) < 4.78 is 39.2. The van der Waals surface area contributed by atoms with Crippen LogP contribution in [0.1, 0.15) is 11.1 Å². The zero-order valence-corrected chi connectivity index (χ0v) is 15.4. The molecule has 0 saturated heterocycles. The fourth-order valence-electron chi connectivity index (χ4n) is 2.34. The largest absolute Gasteiger partial charge is 0.416 e. The van der Waals surface area contributed by atoms with Crippen molar-refractivity contribution in [3.8, 4) is 0 Å². The Kier molecular flexibility index (Phi) is 4.65. The van der Waals surface area contributed by atoms with Gasteiger partial charge in [-0.3, -0.25) is 4.79 Å². The van der Waals surface area contributed by atoms with Gasteiger partial charge >= 0.3 is 6.18 Å². The van der Waals surface area contributed by atoms with E-state index < -0.39 is 11.7 Å². The molecular formula is C17H11F3INOS. The average Bonchev–Trinajstić information content (AvgIpc) is 2.57. The van der Waals surface area contributed by atoms with Crippen molar-refractivity contribution < 1.29 is 18.0 Å². The lowest BCUT2D eigenvalue weighted by Crippen LogP contribution is -2.30. The summed E-state index contributed by atoms with van der Waals surface area (Å²) in [6.45, 7) is 0. The first-order valence-corrected chi connectivity index (χ1v) is 8.81. The van der Waals surface area contributed by atoms with Gasteiger partial charge in [0, 0.05) is 15.5 Å². The van der Waals surface area contributed by atoms with Crippen molar-refractivity contribution in [3.05, 3.63) is 64.6 Å². The Balaban J connectivity index is 2.08. The monoisotopic (exact) mass is 461 g/mol. The third-order valence-corrected chi connectivity index (χ3v) is 6.26. The average molecular weight is 461 g/mol. The molecule has 0 spiro atoms. The van der Waals surface area contributed by atoms with E-state index in [9.17, 15) is 18.0 Å². The molecule has 0 N–H and O–H groups in total. The number of fused-ring (bicyclic) bond motifs is 1. The Morgan fingerprint density at radius 2 is 1.83 bits per heavy atom. The Morgan fingerprint density at radius 3 is 2.54 bits per heavy atom. The SMILES string of the molecule is CN1C(=O)/C(=C(\I)c2cccc(C(F)(F)F)c2)Sc2ccccc21. The minimum Gasteiger partial charge on any atom is -0.310 e. The normalized spacial score (nSPS) is 16.9. The third-order valence-electron chi connectivity index (χ3n) is 3.58. The molecule has 7 heteroatoms. The predicted octanol–water partition coefficient (Wildman–Crippen LogP) is 5.58. The molecule has 0 saturated carbocycles. The molecule has 1 heterocycles. The zero-order chi connectivity index (χ0) is 17.5. The smallest absolute Gasteiger partial charge is 0.310 e. The summed E-state index contributed by atoms with van der Waals surface area (Å²) in [7, 11) is 1.66. The molecular weight excluding hydrogens is 450 g/mol. The van der Waals surface area contributed by atoms with E-state index in [1.165, 1.54) is 22.7 Å². The minimum absolute atomic E-state index is 0.222. The molecule has 0 radical (unpaired) electrons. The number of para-hydroxylation sites is 1. The molecule has 0 aromatic heterocycles. The molecule has 2 nitrogen and oxygen atoms in total. The molecule has 3 rings (SSSR count). The lowest BCUT2D eigenvalue weighted by molar-refractivity contribution is -0.137. The van der Waals surface area contributed by atoms with Crippen LogP contribution in [0.25, 0.3) is 3.58 Å². The van der Waals surface area contributed by atoms with Crippen LogP contribution in [0.2, 0.25) is 0 Å². The summed E-state index contributed by atoms with van der Waals surface area (Å²) in [5.74, 6) is -0.222. The van der Waals surface area contributed by atoms with Gasteiger partial charge in [0.05, 0.1) is 16.2 Å². The van der Waals surface area contributed by atoms with Gasteiger partial charge in [-0.2, -0.15) is 13.2 Å². The van der Waals surface area contributed by atoms with Gasteiger partial charge in [-0.1, -0.05) is 36.0 Å². The van der Waals surface area contributed by atoms with Crippen LogP contribution >= 0.6 is 34.4 Å². The van der Waals surface area contributed by atoms with Crippen LogP contribution in [0, 0.1) is 0 Å². The molecule has 2 aromatic rings. The van der Waals surface area contributed by atoms with E-state index in [1.54, 1.807) is 13.1 Å². The number of alkyl halides is 3. The molecule has 24 heavy (non-hydrogen) atoms. The number of carbonyl (C=O) groups is 1. The summed E-state index contributed by atoms with van der Waals surface area (Å²) in [6.07, 6.45) is -4.41. The minimum atomic E-state index is -4.41. The fourth-order valence-corrected chi connectivity index (χ4v) is 4.34. The summed E-state index contributed by atoms with van der Waals surface area (Å²) in [5, 5.41) is 0. The molecule has 0 atom stereocenters. The number of hydrogen-bond donors (Lipinski definition) is 0. The van der Waals surface area contributed by atoms with E-state index in [0.29, 0.717) is 14.0 Å². The van der Waals surface area contributed by atoms with Gasteiger partial charge in [0.1, 0.15) is 0 Å². The molecule has 1 aliphatic heterocycles. The van der Waals surface area contributed by atoms with Crippen molar-refractivity contribution in [2.75, 3.05) is 11.9 Å². The highest BCUT2D eigenvalue weighted by Gasteiger charge is 2.32. The number of carbonyl (C=O) groups excluding carboxylic acids is 1. The van der Waals surface area contributed by atoms with Gasteiger partial charge in [0.2, 0.25) is 0 Å². The van der Waals surface area contributed by atoms with E-state index in [1.807, 2.05) is 46.9 Å². The number of likely N-dealkylation sites (N-methyl/N-ethyl adjacent to an activating group) is 1. The maximum absolute atomic E-state index is 12.9. The Morgan fingerprint density at radius 1 is 1.12 bits per heavy atom. The number of benzene rings is 2. The van der Waals surface area contributed by atoms with E-state index >= 15 is 0 Å². The highest BCUT2D eigenvalue weighted by Crippen LogP contribution is 2.45. The first kappa shape index (κ1) is 17.3. The molecule has 124 valence electrons. The van der Waals surface area contributed by atoms with Crippen LogP contribution < -0.4 is 4.90 Å². The van der Waals surface area contributed by atoms with Gasteiger partial charge in [-0.15, -0.1) is 0 Å². The third kappa shape index (κ3) is 3.19. The highest BCUT2D eigenvalue weighted by atomic mass is 127. The van der Waals surface area contributed by atoms with Gasteiger partial charge in [0.15, 0.2) is 0 Å². The lowest BCUT2D eigenvalue weighted by Gasteiger charge is -2.27. The lowest BCUT2D eigenvalue weighted by atomic mass is 10.1. The fraction of sp³-hybridized carbons (Fsp3) is 0.118. The van der Waals surface area contributed by atoms with Crippen LogP contribution in [0.15, 0.2) is 58.3 Å². The second-order valence-corrected chi connectivity index (χ2v) is 7.29. The first-order chi connectivity index (χ1) is 11.3. The summed E-state index contributed by atoms with van der Waals surface area (Å²) in [5.41, 5.74) is 0.454. The van der Waals surface area contributed by atoms with Gasteiger partial charge in [-0.25, -0.2) is 0 Å². The van der Waals surface area contributed by atoms with E-state index in [0.717, 1.165) is 22.7 Å². The van der Waals surface area contributed by atoms with Gasteiger partial charge in [-0.05, 0) is 52.4 Å². The van der Waals surface area contributed by atoms with Crippen molar-refractivity contribution >= 4 is 49.5 Å². The summed E-state index contributed by atoms with van der Waals surface area (Å²) in [6, 6.07) is 12.5. The number of thioether (sulfide) groups is 1. The standard InChI is InChI=1S/C17H11F3INOS/c1-22-12-7-2-3-8-13(12)24-15(16(22)23)14(21)10-5-4-6-11(9-10)17(18,19)20/h2-9H,1H3/b15-14+. The second kappa shape index (κ2) is 6.44. The van der Waals surface area contributed by atoms with Gasteiger partial charge in [0.25, 0.3) is 5.91 Å². The second-order valence-electron chi connectivity index (χ2n) is 5.16. The Hall–Kier alpha value is -1.48. The number of halogens is 4. The summed E-state index contributed by atoms with van der Waals surface area (Å²) >= 11 is 3.22. The molecule has 1 amide bonds. The quantitative estimate of drug-likeness (QED) is 0.409. The number of anilines is 1. The molecule has 0 unspecified atom stereocenters.